The SMILES string of the molecule is Cc1cc(C)cc(S(=O)(=O)N2CCC(c3nnc(C(=O)Nc4ccccc4)s3)CC2)c1. The van der Waals surface area contributed by atoms with E-state index in [1.165, 1.54) is 11.3 Å². The van der Waals surface area contributed by atoms with Crippen LogP contribution in [0, 0.1) is 13.8 Å². The number of para-hydroxylation sites is 1. The number of carbonyl (C=O) groups excluding carboxylic acids is 1. The highest BCUT2D eigenvalue weighted by molar-refractivity contribution is 7.89. The van der Waals surface area contributed by atoms with E-state index < -0.39 is 10.0 Å². The molecule has 0 atom stereocenters. The van der Waals surface area contributed by atoms with Gasteiger partial charge in [-0.2, -0.15) is 4.31 Å². The summed E-state index contributed by atoms with van der Waals surface area (Å²) in [6.07, 6.45) is 1.30. The van der Waals surface area contributed by atoms with Gasteiger partial charge in [0.05, 0.1) is 4.90 Å². The third kappa shape index (κ3) is 4.84. The third-order valence-corrected chi connectivity index (χ3v) is 8.26. The fraction of sp³-hybridized carbons (Fsp3) is 0.318. The normalized spacial score (nSPS) is 15.7. The maximum absolute atomic E-state index is 13.0. The molecule has 2 aromatic carbocycles. The van der Waals surface area contributed by atoms with E-state index in [2.05, 4.69) is 15.5 Å². The van der Waals surface area contributed by atoms with Gasteiger partial charge in [0.1, 0.15) is 5.01 Å². The maximum atomic E-state index is 13.0. The molecule has 1 aliphatic heterocycles. The van der Waals surface area contributed by atoms with Crippen molar-refractivity contribution in [2.24, 2.45) is 0 Å². The lowest BCUT2D eigenvalue weighted by Crippen LogP contribution is -2.37. The van der Waals surface area contributed by atoms with Gasteiger partial charge in [-0.25, -0.2) is 8.42 Å². The molecule has 0 saturated carbocycles. The van der Waals surface area contributed by atoms with Gasteiger partial charge in [-0.1, -0.05) is 35.6 Å². The minimum absolute atomic E-state index is 0.0986. The average Bonchev–Trinajstić information content (AvgIpc) is 3.24. The zero-order chi connectivity index (χ0) is 22.0. The van der Waals surface area contributed by atoms with Crippen molar-refractivity contribution in [1.82, 2.24) is 14.5 Å². The lowest BCUT2D eigenvalue weighted by atomic mass is 9.99. The summed E-state index contributed by atoms with van der Waals surface area (Å²) >= 11 is 1.27. The van der Waals surface area contributed by atoms with Gasteiger partial charge in [0.25, 0.3) is 5.91 Å². The number of hydrogen-bond donors (Lipinski definition) is 1. The van der Waals surface area contributed by atoms with Gasteiger partial charge in [-0.3, -0.25) is 4.79 Å². The first-order valence-electron chi connectivity index (χ1n) is 10.1. The fourth-order valence-corrected chi connectivity index (χ4v) is 6.34. The molecular weight excluding hydrogens is 432 g/mol. The van der Waals surface area contributed by atoms with Gasteiger partial charge in [0.2, 0.25) is 15.0 Å². The molecule has 1 aromatic heterocycles. The molecule has 4 rings (SSSR count). The molecule has 1 amide bonds. The van der Waals surface area contributed by atoms with E-state index in [1.54, 1.807) is 16.4 Å². The van der Waals surface area contributed by atoms with Crippen molar-refractivity contribution in [3.8, 4) is 0 Å². The van der Waals surface area contributed by atoms with E-state index in [9.17, 15) is 13.2 Å². The van der Waals surface area contributed by atoms with Crippen LogP contribution in [0.25, 0.3) is 0 Å². The highest BCUT2D eigenvalue weighted by Crippen LogP contribution is 2.32. The Bertz CT molecular complexity index is 1160. The summed E-state index contributed by atoms with van der Waals surface area (Å²) in [5.41, 5.74) is 2.57. The topological polar surface area (TPSA) is 92.3 Å². The highest BCUT2D eigenvalue weighted by Gasteiger charge is 2.32. The van der Waals surface area contributed by atoms with Gasteiger partial charge < -0.3 is 5.32 Å². The Labute approximate surface area is 186 Å². The number of hydrogen-bond acceptors (Lipinski definition) is 6. The minimum atomic E-state index is -3.52. The molecule has 0 aliphatic carbocycles. The predicted octanol–water partition coefficient (Wildman–Crippen LogP) is 3.98. The maximum Gasteiger partial charge on any atom is 0.286 e. The van der Waals surface area contributed by atoms with Crippen LogP contribution in [0.15, 0.2) is 53.4 Å². The number of amides is 1. The molecule has 0 radical (unpaired) electrons. The number of sulfonamides is 1. The third-order valence-electron chi connectivity index (χ3n) is 5.30. The molecule has 3 aromatic rings. The summed E-state index contributed by atoms with van der Waals surface area (Å²) in [6.45, 7) is 4.65. The summed E-state index contributed by atoms with van der Waals surface area (Å²) < 4.78 is 27.6. The van der Waals surface area contributed by atoms with Gasteiger partial charge >= 0.3 is 0 Å². The van der Waals surface area contributed by atoms with Crippen molar-refractivity contribution >= 4 is 33.0 Å². The predicted molar refractivity (Wildman–Crippen MR) is 121 cm³/mol. The van der Waals surface area contributed by atoms with Crippen LogP contribution in [0.1, 0.15) is 44.7 Å². The van der Waals surface area contributed by atoms with Crippen LogP contribution in [0.4, 0.5) is 5.69 Å². The quantitative estimate of drug-likeness (QED) is 0.627. The van der Waals surface area contributed by atoms with Crippen molar-refractivity contribution in [3.05, 3.63) is 69.7 Å². The zero-order valence-electron chi connectivity index (χ0n) is 17.4. The molecule has 2 heterocycles. The Morgan fingerprint density at radius 3 is 2.32 bits per heavy atom. The number of anilines is 1. The molecule has 1 saturated heterocycles. The summed E-state index contributed by atoms with van der Waals surface area (Å²) in [4.78, 5) is 12.8. The van der Waals surface area contributed by atoms with Gasteiger partial charge in [-0.05, 0) is 62.1 Å². The summed E-state index contributed by atoms with van der Waals surface area (Å²) in [5, 5.41) is 12.2. The molecule has 0 unspecified atom stereocenters. The van der Waals surface area contributed by atoms with Crippen LogP contribution in [0.5, 0.6) is 0 Å². The average molecular weight is 457 g/mol. The molecule has 1 aliphatic rings. The number of aryl methyl sites for hydroxylation is 2. The van der Waals surface area contributed by atoms with Gasteiger partial charge in [0, 0.05) is 24.7 Å². The summed E-state index contributed by atoms with van der Waals surface area (Å²) in [7, 11) is -3.52. The van der Waals surface area contributed by atoms with E-state index in [4.69, 9.17) is 0 Å². The fourth-order valence-electron chi connectivity index (χ4n) is 3.77. The van der Waals surface area contributed by atoms with Crippen LogP contribution >= 0.6 is 11.3 Å². The number of aromatic nitrogens is 2. The van der Waals surface area contributed by atoms with Crippen LogP contribution in [-0.4, -0.2) is 41.9 Å². The zero-order valence-corrected chi connectivity index (χ0v) is 19.0. The van der Waals surface area contributed by atoms with Crippen LogP contribution in [0.3, 0.4) is 0 Å². The number of rotatable bonds is 5. The smallest absolute Gasteiger partial charge is 0.286 e. The second-order valence-corrected chi connectivity index (χ2v) is 10.7. The van der Waals surface area contributed by atoms with Crippen molar-refractivity contribution in [2.45, 2.75) is 37.5 Å². The standard InChI is InChI=1S/C22H24N4O3S2/c1-15-12-16(2)14-19(13-15)31(28,29)26-10-8-17(9-11-26)21-24-25-22(30-21)20(27)23-18-6-4-3-5-7-18/h3-7,12-14,17H,8-11H2,1-2H3,(H,23,27). The van der Waals surface area contributed by atoms with E-state index in [0.717, 1.165) is 16.1 Å². The van der Waals surface area contributed by atoms with Crippen LogP contribution < -0.4 is 5.32 Å². The van der Waals surface area contributed by atoms with Crippen molar-refractivity contribution in [1.29, 1.82) is 0 Å². The molecule has 1 fully saturated rings. The first-order valence-corrected chi connectivity index (χ1v) is 12.4. The van der Waals surface area contributed by atoms with Crippen molar-refractivity contribution in [2.75, 3.05) is 18.4 Å². The lowest BCUT2D eigenvalue weighted by Gasteiger charge is -2.30. The Morgan fingerprint density at radius 2 is 1.68 bits per heavy atom. The van der Waals surface area contributed by atoms with Gasteiger partial charge in [0.15, 0.2) is 0 Å². The molecule has 7 nitrogen and oxygen atoms in total. The Morgan fingerprint density at radius 1 is 1.03 bits per heavy atom. The Kier molecular flexibility index (Phi) is 6.17. The van der Waals surface area contributed by atoms with Crippen molar-refractivity contribution in [3.63, 3.8) is 0 Å². The monoisotopic (exact) mass is 456 g/mol. The molecule has 31 heavy (non-hydrogen) atoms. The number of piperidine rings is 1. The van der Waals surface area contributed by atoms with Crippen molar-refractivity contribution < 1.29 is 13.2 Å². The minimum Gasteiger partial charge on any atom is -0.320 e. The number of benzene rings is 2. The molecule has 0 bridgehead atoms. The summed E-state index contributed by atoms with van der Waals surface area (Å²) in [6, 6.07) is 14.6. The number of nitrogens with zero attached hydrogens (tertiary/aromatic N) is 3. The molecule has 9 heteroatoms. The van der Waals surface area contributed by atoms with E-state index in [-0.39, 0.29) is 11.8 Å². The molecule has 0 spiro atoms. The second-order valence-electron chi connectivity index (χ2n) is 7.77. The van der Waals surface area contributed by atoms with Crippen LogP contribution in [0.2, 0.25) is 0 Å². The molecule has 162 valence electrons. The largest absolute Gasteiger partial charge is 0.320 e. The number of nitrogens with one attached hydrogen (secondary N) is 1. The highest BCUT2D eigenvalue weighted by atomic mass is 32.2. The summed E-state index contributed by atoms with van der Waals surface area (Å²) in [5.74, 6) is -0.189. The second kappa shape index (κ2) is 8.86. The van der Waals surface area contributed by atoms with E-state index in [1.807, 2.05) is 50.2 Å². The van der Waals surface area contributed by atoms with E-state index >= 15 is 0 Å². The van der Waals surface area contributed by atoms with Gasteiger partial charge in [-0.15, -0.1) is 10.2 Å². The Hall–Kier alpha value is -2.62. The lowest BCUT2D eigenvalue weighted by molar-refractivity contribution is 0.102. The molecular formula is C22H24N4O3S2. The van der Waals surface area contributed by atoms with E-state index in [0.29, 0.717) is 41.5 Å². The first kappa shape index (κ1) is 21.6. The Balaban J connectivity index is 1.40. The first-order chi connectivity index (χ1) is 14.8. The number of carbonyl (C=O) groups is 1. The molecule has 1 N–H and O–H groups in total. The van der Waals surface area contributed by atoms with Crippen LogP contribution in [-0.2, 0) is 10.0 Å².